The number of rotatable bonds is 5. The molecule has 100 valence electrons. The first-order valence-electron chi connectivity index (χ1n) is 5.90. The van der Waals surface area contributed by atoms with Crippen molar-refractivity contribution in [3.05, 3.63) is 34.3 Å². The molecule has 18 heavy (non-hydrogen) atoms. The standard InChI is InChI=1S/C13H17BrN2O.ClH/c1-15-5-6-16-13(17)12-8-11(12)9-3-2-4-10(14)7-9;/h2-4,7,11-12,15H,5-6,8H2,1H3,(H,16,17);1H. The number of likely N-dealkylation sites (N-methyl/N-ethyl adjacent to an activating group) is 1. The summed E-state index contributed by atoms with van der Waals surface area (Å²) in [5, 5.41) is 5.96. The van der Waals surface area contributed by atoms with E-state index in [0.29, 0.717) is 12.5 Å². The van der Waals surface area contributed by atoms with Gasteiger partial charge in [-0.15, -0.1) is 12.4 Å². The molecule has 5 heteroatoms. The summed E-state index contributed by atoms with van der Waals surface area (Å²) in [6.07, 6.45) is 0.974. The van der Waals surface area contributed by atoms with Gasteiger partial charge in [0.2, 0.25) is 5.91 Å². The first-order valence-corrected chi connectivity index (χ1v) is 6.69. The predicted octanol–water partition coefficient (Wildman–Crippen LogP) is 2.31. The predicted molar refractivity (Wildman–Crippen MR) is 79.2 cm³/mol. The lowest BCUT2D eigenvalue weighted by atomic mass is 10.1. The Kier molecular flexibility index (Phi) is 6.12. The summed E-state index contributed by atoms with van der Waals surface area (Å²) in [7, 11) is 1.88. The molecule has 2 unspecified atom stereocenters. The van der Waals surface area contributed by atoms with E-state index >= 15 is 0 Å². The van der Waals surface area contributed by atoms with Crippen molar-refractivity contribution in [3.63, 3.8) is 0 Å². The Morgan fingerprint density at radius 2 is 2.22 bits per heavy atom. The molecule has 0 aliphatic heterocycles. The number of amides is 1. The topological polar surface area (TPSA) is 41.1 Å². The molecule has 1 fully saturated rings. The smallest absolute Gasteiger partial charge is 0.223 e. The summed E-state index contributed by atoms with van der Waals surface area (Å²) in [5.41, 5.74) is 1.26. The van der Waals surface area contributed by atoms with Gasteiger partial charge in [0.1, 0.15) is 0 Å². The molecule has 2 rings (SSSR count). The van der Waals surface area contributed by atoms with Crippen LogP contribution < -0.4 is 10.6 Å². The third-order valence-corrected chi connectivity index (χ3v) is 3.57. The molecule has 0 radical (unpaired) electrons. The maximum absolute atomic E-state index is 11.8. The van der Waals surface area contributed by atoms with E-state index in [1.807, 2.05) is 19.2 Å². The van der Waals surface area contributed by atoms with E-state index < -0.39 is 0 Å². The second-order valence-electron chi connectivity index (χ2n) is 4.40. The van der Waals surface area contributed by atoms with Crippen LogP contribution in [-0.2, 0) is 4.79 Å². The van der Waals surface area contributed by atoms with Crippen molar-refractivity contribution in [2.75, 3.05) is 20.1 Å². The number of carbonyl (C=O) groups is 1. The summed E-state index contributed by atoms with van der Waals surface area (Å²) in [4.78, 5) is 11.8. The minimum atomic E-state index is 0. The highest BCUT2D eigenvalue weighted by molar-refractivity contribution is 9.10. The van der Waals surface area contributed by atoms with Gasteiger partial charge in [0.15, 0.2) is 0 Å². The number of halogens is 2. The summed E-state index contributed by atoms with van der Waals surface area (Å²) in [5.74, 6) is 0.758. The van der Waals surface area contributed by atoms with Gasteiger partial charge in [0.25, 0.3) is 0 Å². The minimum absolute atomic E-state index is 0. The Morgan fingerprint density at radius 1 is 1.44 bits per heavy atom. The molecule has 2 N–H and O–H groups in total. The monoisotopic (exact) mass is 332 g/mol. The largest absolute Gasteiger partial charge is 0.355 e. The van der Waals surface area contributed by atoms with Crippen LogP contribution in [0, 0.1) is 5.92 Å². The molecule has 1 amide bonds. The Bertz CT molecular complexity index is 414. The molecule has 2 atom stereocenters. The van der Waals surface area contributed by atoms with Crippen LogP contribution in [0.4, 0.5) is 0 Å². The maximum atomic E-state index is 11.8. The van der Waals surface area contributed by atoms with E-state index in [1.54, 1.807) is 0 Å². The third-order valence-electron chi connectivity index (χ3n) is 3.08. The van der Waals surface area contributed by atoms with Gasteiger partial charge in [-0.05, 0) is 37.1 Å². The van der Waals surface area contributed by atoms with Crippen LogP contribution in [0.5, 0.6) is 0 Å². The summed E-state index contributed by atoms with van der Waals surface area (Å²) in [6.45, 7) is 1.52. The summed E-state index contributed by atoms with van der Waals surface area (Å²) >= 11 is 3.46. The zero-order chi connectivity index (χ0) is 12.3. The van der Waals surface area contributed by atoms with Gasteiger partial charge in [-0.3, -0.25) is 4.79 Å². The number of hydrogen-bond donors (Lipinski definition) is 2. The van der Waals surface area contributed by atoms with Crippen molar-refractivity contribution in [3.8, 4) is 0 Å². The van der Waals surface area contributed by atoms with Gasteiger partial charge >= 0.3 is 0 Å². The van der Waals surface area contributed by atoms with E-state index in [9.17, 15) is 4.79 Å². The molecule has 0 saturated heterocycles. The average molecular weight is 334 g/mol. The SMILES string of the molecule is CNCCNC(=O)C1CC1c1cccc(Br)c1.Cl. The van der Waals surface area contributed by atoms with E-state index in [2.05, 4.69) is 38.7 Å². The number of carbonyl (C=O) groups excluding carboxylic acids is 1. The van der Waals surface area contributed by atoms with Crippen LogP contribution in [-0.4, -0.2) is 26.0 Å². The van der Waals surface area contributed by atoms with Gasteiger partial charge in [0, 0.05) is 23.5 Å². The van der Waals surface area contributed by atoms with Crippen molar-refractivity contribution in [1.82, 2.24) is 10.6 Å². The minimum Gasteiger partial charge on any atom is -0.355 e. The first-order chi connectivity index (χ1) is 8.22. The molecule has 1 aliphatic carbocycles. The zero-order valence-electron chi connectivity index (χ0n) is 10.3. The maximum Gasteiger partial charge on any atom is 0.223 e. The van der Waals surface area contributed by atoms with Crippen LogP contribution in [0.15, 0.2) is 28.7 Å². The molecule has 1 aliphatic rings. The summed E-state index contributed by atoms with van der Waals surface area (Å²) < 4.78 is 1.08. The van der Waals surface area contributed by atoms with Crippen molar-refractivity contribution in [2.24, 2.45) is 5.92 Å². The number of nitrogens with one attached hydrogen (secondary N) is 2. The molecule has 0 heterocycles. The second-order valence-corrected chi connectivity index (χ2v) is 5.31. The lowest BCUT2D eigenvalue weighted by molar-refractivity contribution is -0.122. The Hall–Kier alpha value is -0.580. The van der Waals surface area contributed by atoms with Gasteiger partial charge in [-0.25, -0.2) is 0 Å². The van der Waals surface area contributed by atoms with Crippen LogP contribution >= 0.6 is 28.3 Å². The molecule has 0 aromatic heterocycles. The van der Waals surface area contributed by atoms with Crippen molar-refractivity contribution < 1.29 is 4.79 Å². The molecule has 1 aromatic carbocycles. The highest BCUT2D eigenvalue weighted by Gasteiger charge is 2.43. The lowest BCUT2D eigenvalue weighted by Crippen LogP contribution is -2.31. The Morgan fingerprint density at radius 3 is 2.89 bits per heavy atom. The van der Waals surface area contributed by atoms with E-state index in [-0.39, 0.29) is 24.2 Å². The fourth-order valence-electron chi connectivity index (χ4n) is 2.03. The molecule has 0 spiro atoms. The molecular formula is C13H18BrClN2O. The highest BCUT2D eigenvalue weighted by Crippen LogP contribution is 2.47. The average Bonchev–Trinajstić information content (AvgIpc) is 3.09. The third kappa shape index (κ3) is 3.97. The fourth-order valence-corrected chi connectivity index (χ4v) is 2.45. The van der Waals surface area contributed by atoms with E-state index in [1.165, 1.54) is 5.56 Å². The van der Waals surface area contributed by atoms with Gasteiger partial charge in [-0.2, -0.15) is 0 Å². The van der Waals surface area contributed by atoms with Crippen molar-refractivity contribution in [2.45, 2.75) is 12.3 Å². The number of hydrogen-bond acceptors (Lipinski definition) is 2. The van der Waals surface area contributed by atoms with Crippen LogP contribution in [0.25, 0.3) is 0 Å². The van der Waals surface area contributed by atoms with Crippen molar-refractivity contribution in [1.29, 1.82) is 0 Å². The van der Waals surface area contributed by atoms with Gasteiger partial charge in [0.05, 0.1) is 0 Å². The van der Waals surface area contributed by atoms with Crippen LogP contribution in [0.2, 0.25) is 0 Å². The highest BCUT2D eigenvalue weighted by atomic mass is 79.9. The normalized spacial score (nSPS) is 21.0. The zero-order valence-corrected chi connectivity index (χ0v) is 12.7. The van der Waals surface area contributed by atoms with E-state index in [4.69, 9.17) is 0 Å². The van der Waals surface area contributed by atoms with E-state index in [0.717, 1.165) is 17.4 Å². The molecular weight excluding hydrogens is 316 g/mol. The summed E-state index contributed by atoms with van der Waals surface area (Å²) in [6, 6.07) is 8.23. The van der Waals surface area contributed by atoms with Crippen LogP contribution in [0.3, 0.4) is 0 Å². The second kappa shape index (κ2) is 7.12. The molecule has 1 saturated carbocycles. The first kappa shape index (κ1) is 15.5. The van der Waals surface area contributed by atoms with Gasteiger partial charge in [-0.1, -0.05) is 28.1 Å². The van der Waals surface area contributed by atoms with Gasteiger partial charge < -0.3 is 10.6 Å². The Balaban J connectivity index is 0.00000162. The lowest BCUT2D eigenvalue weighted by Gasteiger charge is -2.04. The van der Waals surface area contributed by atoms with Crippen LogP contribution in [0.1, 0.15) is 17.9 Å². The van der Waals surface area contributed by atoms with Crippen molar-refractivity contribution >= 4 is 34.2 Å². The molecule has 1 aromatic rings. The Labute approximate surface area is 122 Å². The number of benzene rings is 1. The molecule has 3 nitrogen and oxygen atoms in total. The quantitative estimate of drug-likeness (QED) is 0.812. The molecule has 0 bridgehead atoms. The fraction of sp³-hybridized carbons (Fsp3) is 0.462.